The van der Waals surface area contributed by atoms with Gasteiger partial charge >= 0.3 is 0 Å². The van der Waals surface area contributed by atoms with Crippen LogP contribution in [0.3, 0.4) is 0 Å². The first-order chi connectivity index (χ1) is 7.72. The Bertz CT molecular complexity index is 169. The molecule has 1 fully saturated rings. The van der Waals surface area contributed by atoms with Gasteiger partial charge in [-0.25, -0.2) is 0 Å². The largest absolute Gasteiger partial charge is 0.396 e. The zero-order chi connectivity index (χ0) is 11.8. The second kappa shape index (κ2) is 8.04. The first-order valence-electron chi connectivity index (χ1n) is 6.72. The molecule has 2 unspecified atom stereocenters. The lowest BCUT2D eigenvalue weighted by atomic mass is 10.00. The first-order valence-corrected chi connectivity index (χ1v) is 6.72. The second-order valence-electron chi connectivity index (χ2n) is 5.32. The normalized spacial score (nSPS) is 21.2. The van der Waals surface area contributed by atoms with E-state index in [-0.39, 0.29) is 12.7 Å². The SMILES string of the molecule is CC(CCO)CNCC(O)CC1CCCC1. The summed E-state index contributed by atoms with van der Waals surface area (Å²) in [6.45, 7) is 3.97. The van der Waals surface area contributed by atoms with Gasteiger partial charge in [-0.15, -0.1) is 0 Å². The summed E-state index contributed by atoms with van der Waals surface area (Å²) in [7, 11) is 0. The van der Waals surface area contributed by atoms with Crippen molar-refractivity contribution in [1.29, 1.82) is 0 Å². The minimum Gasteiger partial charge on any atom is -0.396 e. The maximum atomic E-state index is 9.84. The maximum Gasteiger partial charge on any atom is 0.0667 e. The molecule has 96 valence electrons. The van der Waals surface area contributed by atoms with Crippen molar-refractivity contribution >= 4 is 0 Å². The van der Waals surface area contributed by atoms with Crippen molar-refractivity contribution in [3.05, 3.63) is 0 Å². The molecule has 0 aliphatic heterocycles. The van der Waals surface area contributed by atoms with E-state index in [1.807, 2.05) is 0 Å². The van der Waals surface area contributed by atoms with E-state index in [0.717, 1.165) is 25.3 Å². The van der Waals surface area contributed by atoms with E-state index in [1.54, 1.807) is 0 Å². The Morgan fingerprint density at radius 1 is 1.25 bits per heavy atom. The minimum atomic E-state index is -0.190. The molecule has 2 atom stereocenters. The van der Waals surface area contributed by atoms with Crippen LogP contribution in [0, 0.1) is 11.8 Å². The summed E-state index contributed by atoms with van der Waals surface area (Å²) in [5.41, 5.74) is 0. The van der Waals surface area contributed by atoms with Crippen LogP contribution < -0.4 is 5.32 Å². The number of hydrogen-bond acceptors (Lipinski definition) is 3. The van der Waals surface area contributed by atoms with Crippen molar-refractivity contribution < 1.29 is 10.2 Å². The summed E-state index contributed by atoms with van der Waals surface area (Å²) < 4.78 is 0. The predicted molar refractivity (Wildman–Crippen MR) is 66.3 cm³/mol. The van der Waals surface area contributed by atoms with E-state index in [9.17, 15) is 5.11 Å². The topological polar surface area (TPSA) is 52.5 Å². The molecule has 1 aliphatic carbocycles. The summed E-state index contributed by atoms with van der Waals surface area (Å²) in [6, 6.07) is 0. The number of aliphatic hydroxyl groups excluding tert-OH is 2. The smallest absolute Gasteiger partial charge is 0.0667 e. The van der Waals surface area contributed by atoms with Gasteiger partial charge in [0.15, 0.2) is 0 Å². The molecule has 3 N–H and O–H groups in total. The molecule has 0 heterocycles. The first kappa shape index (κ1) is 13.9. The van der Waals surface area contributed by atoms with Crippen LogP contribution in [0.15, 0.2) is 0 Å². The summed E-state index contributed by atoms with van der Waals surface area (Å²) in [5, 5.41) is 21.9. The van der Waals surface area contributed by atoms with E-state index in [4.69, 9.17) is 5.11 Å². The fourth-order valence-corrected chi connectivity index (χ4v) is 2.53. The van der Waals surface area contributed by atoms with Gasteiger partial charge in [0, 0.05) is 13.2 Å². The highest BCUT2D eigenvalue weighted by Gasteiger charge is 2.18. The molecule has 16 heavy (non-hydrogen) atoms. The Morgan fingerprint density at radius 3 is 2.56 bits per heavy atom. The van der Waals surface area contributed by atoms with Crippen molar-refractivity contribution in [3.8, 4) is 0 Å². The molecule has 0 bridgehead atoms. The molecular formula is C13H27NO2. The molecule has 3 nitrogen and oxygen atoms in total. The highest BCUT2D eigenvalue weighted by atomic mass is 16.3. The van der Waals surface area contributed by atoms with Gasteiger partial charge in [-0.1, -0.05) is 32.6 Å². The molecule has 0 aromatic rings. The number of hydrogen-bond donors (Lipinski definition) is 3. The third-order valence-corrected chi connectivity index (χ3v) is 3.57. The number of rotatable bonds is 8. The monoisotopic (exact) mass is 229 g/mol. The van der Waals surface area contributed by atoms with Crippen LogP contribution in [-0.2, 0) is 0 Å². The van der Waals surface area contributed by atoms with Crippen molar-refractivity contribution in [2.75, 3.05) is 19.7 Å². The molecule has 0 radical (unpaired) electrons. The van der Waals surface area contributed by atoms with E-state index in [2.05, 4.69) is 12.2 Å². The van der Waals surface area contributed by atoms with Gasteiger partial charge in [0.1, 0.15) is 0 Å². The van der Waals surface area contributed by atoms with Crippen LogP contribution >= 0.6 is 0 Å². The predicted octanol–water partition coefficient (Wildman–Crippen LogP) is 1.54. The highest BCUT2D eigenvalue weighted by molar-refractivity contribution is 4.72. The van der Waals surface area contributed by atoms with Crippen LogP contribution in [0.2, 0.25) is 0 Å². The van der Waals surface area contributed by atoms with Crippen LogP contribution in [0.1, 0.15) is 45.4 Å². The van der Waals surface area contributed by atoms with Crippen molar-refractivity contribution in [1.82, 2.24) is 5.32 Å². The van der Waals surface area contributed by atoms with Gasteiger partial charge in [-0.05, 0) is 31.2 Å². The molecule has 1 saturated carbocycles. The summed E-state index contributed by atoms with van der Waals surface area (Å²) in [4.78, 5) is 0. The van der Waals surface area contributed by atoms with Gasteiger partial charge in [0.05, 0.1) is 6.10 Å². The lowest BCUT2D eigenvalue weighted by Gasteiger charge is -2.17. The van der Waals surface area contributed by atoms with Crippen molar-refractivity contribution in [3.63, 3.8) is 0 Å². The quantitative estimate of drug-likeness (QED) is 0.592. The third kappa shape index (κ3) is 5.83. The maximum absolute atomic E-state index is 9.84. The zero-order valence-corrected chi connectivity index (χ0v) is 10.5. The standard InChI is InChI=1S/C13H27NO2/c1-11(6-7-15)9-14-10-13(16)8-12-4-2-3-5-12/h11-16H,2-10H2,1H3. The molecule has 0 spiro atoms. The number of aliphatic hydroxyl groups is 2. The van der Waals surface area contributed by atoms with E-state index in [0.29, 0.717) is 12.5 Å². The molecule has 3 heteroatoms. The Balaban J connectivity index is 1.98. The van der Waals surface area contributed by atoms with E-state index < -0.39 is 0 Å². The molecule has 0 aromatic heterocycles. The van der Waals surface area contributed by atoms with Gasteiger partial charge in [-0.2, -0.15) is 0 Å². The molecule has 0 aromatic carbocycles. The van der Waals surface area contributed by atoms with Crippen LogP contribution in [0.25, 0.3) is 0 Å². The average molecular weight is 229 g/mol. The molecular weight excluding hydrogens is 202 g/mol. The third-order valence-electron chi connectivity index (χ3n) is 3.57. The lowest BCUT2D eigenvalue weighted by molar-refractivity contribution is 0.139. The Kier molecular flexibility index (Phi) is 7.01. The summed E-state index contributed by atoms with van der Waals surface area (Å²) >= 11 is 0. The van der Waals surface area contributed by atoms with Crippen molar-refractivity contribution in [2.24, 2.45) is 11.8 Å². The van der Waals surface area contributed by atoms with Crippen LogP contribution in [0.5, 0.6) is 0 Å². The molecule has 1 rings (SSSR count). The van der Waals surface area contributed by atoms with Crippen molar-refractivity contribution in [2.45, 2.75) is 51.6 Å². The molecule has 1 aliphatic rings. The lowest BCUT2D eigenvalue weighted by Crippen LogP contribution is -2.31. The molecule has 0 saturated heterocycles. The Labute approximate surface area is 99.3 Å². The van der Waals surface area contributed by atoms with Gasteiger partial charge in [-0.3, -0.25) is 0 Å². The molecule has 0 amide bonds. The highest BCUT2D eigenvalue weighted by Crippen LogP contribution is 2.28. The fraction of sp³-hybridized carbons (Fsp3) is 1.00. The Morgan fingerprint density at radius 2 is 1.94 bits per heavy atom. The Hall–Kier alpha value is -0.120. The summed E-state index contributed by atoms with van der Waals surface area (Å²) in [5.74, 6) is 1.25. The van der Waals surface area contributed by atoms with E-state index in [1.165, 1.54) is 25.7 Å². The summed E-state index contributed by atoms with van der Waals surface area (Å²) in [6.07, 6.45) is 6.91. The minimum absolute atomic E-state index is 0.190. The fourth-order valence-electron chi connectivity index (χ4n) is 2.53. The van der Waals surface area contributed by atoms with Crippen LogP contribution in [0.4, 0.5) is 0 Å². The zero-order valence-electron chi connectivity index (χ0n) is 10.5. The second-order valence-corrected chi connectivity index (χ2v) is 5.32. The average Bonchev–Trinajstić information content (AvgIpc) is 2.70. The van der Waals surface area contributed by atoms with Crippen LogP contribution in [-0.4, -0.2) is 36.0 Å². The van der Waals surface area contributed by atoms with Gasteiger partial charge in [0.2, 0.25) is 0 Å². The van der Waals surface area contributed by atoms with E-state index >= 15 is 0 Å². The van der Waals surface area contributed by atoms with Gasteiger partial charge < -0.3 is 15.5 Å². The number of nitrogens with one attached hydrogen (secondary N) is 1. The van der Waals surface area contributed by atoms with Gasteiger partial charge in [0.25, 0.3) is 0 Å².